The molecule has 0 N–H and O–H groups in total. The van der Waals surface area contributed by atoms with E-state index in [1.54, 1.807) is 0 Å². The molecule has 138 valence electrons. The van der Waals surface area contributed by atoms with Gasteiger partial charge in [0.25, 0.3) is 5.91 Å². The average molecular weight is 344 g/mol. The number of amides is 1. The first kappa shape index (κ1) is 18.2. The fraction of sp³-hybridized carbons (Fsp3) is 0.667. The Kier molecular flexibility index (Phi) is 6.35. The Hall–Kier alpha value is -1.55. The quantitative estimate of drug-likeness (QED) is 0.754. The van der Waals surface area contributed by atoms with Crippen LogP contribution in [0.2, 0.25) is 0 Å². The zero-order chi connectivity index (χ0) is 17.6. The van der Waals surface area contributed by atoms with Gasteiger partial charge in [0, 0.05) is 24.7 Å². The number of benzene rings is 1. The first-order chi connectivity index (χ1) is 12.1. The molecule has 0 aliphatic carbocycles. The van der Waals surface area contributed by atoms with Gasteiger partial charge in [0.2, 0.25) is 0 Å². The average Bonchev–Trinajstić information content (AvgIpc) is 3.27. The van der Waals surface area contributed by atoms with Gasteiger partial charge in [-0.25, -0.2) is 0 Å². The number of nitrogens with zero attached hydrogens (tertiary/aromatic N) is 2. The van der Waals surface area contributed by atoms with Crippen LogP contribution in [0.25, 0.3) is 0 Å². The van der Waals surface area contributed by atoms with Crippen molar-refractivity contribution in [3.05, 3.63) is 29.8 Å². The minimum Gasteiger partial charge on any atom is -0.494 e. The molecule has 1 aromatic carbocycles. The Labute approximate surface area is 152 Å². The number of carbonyl (C=O) groups excluding carboxylic acids is 1. The van der Waals surface area contributed by atoms with Crippen LogP contribution in [0.15, 0.2) is 24.3 Å². The van der Waals surface area contributed by atoms with E-state index in [4.69, 9.17) is 4.74 Å². The lowest BCUT2D eigenvalue weighted by molar-refractivity contribution is 0.0708. The molecule has 2 fully saturated rings. The SMILES string of the molecule is CC(C)CCOc1ccc(C(=O)N2CCC[C@H]2CN2CCCC2)cc1. The van der Waals surface area contributed by atoms with Crippen molar-refractivity contribution in [1.29, 1.82) is 0 Å². The van der Waals surface area contributed by atoms with Crippen molar-refractivity contribution in [2.45, 2.75) is 52.0 Å². The minimum atomic E-state index is 0.176. The molecule has 1 atom stereocenters. The van der Waals surface area contributed by atoms with E-state index in [-0.39, 0.29) is 5.91 Å². The number of carbonyl (C=O) groups is 1. The van der Waals surface area contributed by atoms with E-state index in [2.05, 4.69) is 23.6 Å². The molecule has 2 heterocycles. The molecule has 0 spiro atoms. The molecule has 2 saturated heterocycles. The molecule has 0 radical (unpaired) electrons. The second-order valence-corrected chi connectivity index (χ2v) is 7.86. The first-order valence-electron chi connectivity index (χ1n) is 9.89. The molecule has 0 aromatic heterocycles. The molecule has 25 heavy (non-hydrogen) atoms. The largest absolute Gasteiger partial charge is 0.494 e. The number of ether oxygens (including phenoxy) is 1. The fourth-order valence-electron chi connectivity index (χ4n) is 3.83. The summed E-state index contributed by atoms with van der Waals surface area (Å²) in [4.78, 5) is 17.5. The summed E-state index contributed by atoms with van der Waals surface area (Å²) in [5, 5.41) is 0. The maximum absolute atomic E-state index is 12.9. The molecule has 0 saturated carbocycles. The summed E-state index contributed by atoms with van der Waals surface area (Å²) in [6.07, 6.45) is 5.92. The Morgan fingerprint density at radius 3 is 2.52 bits per heavy atom. The standard InChI is InChI=1S/C21H32N2O2/c1-17(2)11-15-25-20-9-7-18(8-10-20)21(24)23-14-5-6-19(23)16-22-12-3-4-13-22/h7-10,17,19H,3-6,11-16H2,1-2H3/t19-/m0/s1. The second kappa shape index (κ2) is 8.70. The van der Waals surface area contributed by atoms with Crippen LogP contribution in [-0.4, -0.2) is 54.5 Å². The van der Waals surface area contributed by atoms with Crippen LogP contribution >= 0.6 is 0 Å². The van der Waals surface area contributed by atoms with Gasteiger partial charge in [0.1, 0.15) is 5.75 Å². The van der Waals surface area contributed by atoms with Crippen molar-refractivity contribution in [3.63, 3.8) is 0 Å². The summed E-state index contributed by atoms with van der Waals surface area (Å²) in [6.45, 7) is 9.45. The number of likely N-dealkylation sites (tertiary alicyclic amines) is 2. The third-order valence-corrected chi connectivity index (χ3v) is 5.37. The van der Waals surface area contributed by atoms with Crippen LogP contribution in [0.3, 0.4) is 0 Å². The van der Waals surface area contributed by atoms with Gasteiger partial charge in [0.05, 0.1) is 6.61 Å². The molecule has 1 aromatic rings. The number of rotatable bonds is 7. The van der Waals surface area contributed by atoms with Gasteiger partial charge in [0.15, 0.2) is 0 Å². The summed E-state index contributed by atoms with van der Waals surface area (Å²) in [7, 11) is 0. The van der Waals surface area contributed by atoms with Gasteiger partial charge >= 0.3 is 0 Å². The predicted molar refractivity (Wildman–Crippen MR) is 101 cm³/mol. The van der Waals surface area contributed by atoms with Crippen molar-refractivity contribution < 1.29 is 9.53 Å². The third-order valence-electron chi connectivity index (χ3n) is 5.37. The van der Waals surface area contributed by atoms with E-state index in [0.29, 0.717) is 12.0 Å². The van der Waals surface area contributed by atoms with Gasteiger partial charge in [-0.2, -0.15) is 0 Å². The Bertz CT molecular complexity index is 550. The summed E-state index contributed by atoms with van der Waals surface area (Å²) in [5.74, 6) is 1.67. The molecule has 4 nitrogen and oxygen atoms in total. The summed E-state index contributed by atoms with van der Waals surface area (Å²) in [6, 6.07) is 8.07. The Balaban J connectivity index is 1.55. The minimum absolute atomic E-state index is 0.176. The van der Waals surface area contributed by atoms with Gasteiger partial charge in [-0.3, -0.25) is 4.79 Å². The second-order valence-electron chi connectivity index (χ2n) is 7.86. The van der Waals surface area contributed by atoms with Gasteiger partial charge in [-0.15, -0.1) is 0 Å². The number of hydrogen-bond donors (Lipinski definition) is 0. The molecular weight excluding hydrogens is 312 g/mol. The lowest BCUT2D eigenvalue weighted by Gasteiger charge is -2.28. The van der Waals surface area contributed by atoms with Crippen LogP contribution in [-0.2, 0) is 0 Å². The van der Waals surface area contributed by atoms with Crippen molar-refractivity contribution in [1.82, 2.24) is 9.80 Å². The fourth-order valence-corrected chi connectivity index (χ4v) is 3.83. The third kappa shape index (κ3) is 4.97. The van der Waals surface area contributed by atoms with Crippen molar-refractivity contribution >= 4 is 5.91 Å². The first-order valence-corrected chi connectivity index (χ1v) is 9.89. The summed E-state index contributed by atoms with van der Waals surface area (Å²) < 4.78 is 5.76. The molecule has 3 rings (SSSR count). The highest BCUT2D eigenvalue weighted by Gasteiger charge is 2.31. The molecule has 2 aliphatic heterocycles. The van der Waals surface area contributed by atoms with Crippen molar-refractivity contribution in [3.8, 4) is 5.75 Å². The van der Waals surface area contributed by atoms with E-state index in [9.17, 15) is 4.79 Å². The predicted octanol–water partition coefficient (Wildman–Crippen LogP) is 3.81. The highest BCUT2D eigenvalue weighted by atomic mass is 16.5. The van der Waals surface area contributed by atoms with E-state index in [1.807, 2.05) is 24.3 Å². The van der Waals surface area contributed by atoms with Gasteiger partial charge in [-0.05, 0) is 75.4 Å². The molecule has 0 bridgehead atoms. The van der Waals surface area contributed by atoms with Crippen molar-refractivity contribution in [2.24, 2.45) is 5.92 Å². The zero-order valence-corrected chi connectivity index (χ0v) is 15.7. The Morgan fingerprint density at radius 2 is 1.84 bits per heavy atom. The normalized spacial score (nSPS) is 21.2. The van der Waals surface area contributed by atoms with Crippen LogP contribution < -0.4 is 4.74 Å². The van der Waals surface area contributed by atoms with Gasteiger partial charge < -0.3 is 14.5 Å². The van der Waals surface area contributed by atoms with E-state index in [1.165, 1.54) is 25.9 Å². The summed E-state index contributed by atoms with van der Waals surface area (Å²) >= 11 is 0. The van der Waals surface area contributed by atoms with E-state index in [0.717, 1.165) is 50.3 Å². The highest BCUT2D eigenvalue weighted by Crippen LogP contribution is 2.23. The monoisotopic (exact) mass is 344 g/mol. The van der Waals surface area contributed by atoms with Crippen molar-refractivity contribution in [2.75, 3.05) is 32.8 Å². The van der Waals surface area contributed by atoms with E-state index < -0.39 is 0 Å². The molecule has 2 aliphatic rings. The molecule has 0 unspecified atom stereocenters. The zero-order valence-electron chi connectivity index (χ0n) is 15.7. The number of hydrogen-bond acceptors (Lipinski definition) is 3. The topological polar surface area (TPSA) is 32.8 Å². The maximum atomic E-state index is 12.9. The Morgan fingerprint density at radius 1 is 1.12 bits per heavy atom. The maximum Gasteiger partial charge on any atom is 0.254 e. The van der Waals surface area contributed by atoms with Gasteiger partial charge in [-0.1, -0.05) is 13.8 Å². The molecule has 1 amide bonds. The molecule has 4 heteroatoms. The lowest BCUT2D eigenvalue weighted by Crippen LogP contribution is -2.42. The summed E-state index contributed by atoms with van der Waals surface area (Å²) in [5.41, 5.74) is 0.782. The van der Waals surface area contributed by atoms with Crippen LogP contribution in [0.5, 0.6) is 5.75 Å². The molecular formula is C21H32N2O2. The highest BCUT2D eigenvalue weighted by molar-refractivity contribution is 5.94. The van der Waals surface area contributed by atoms with Crippen LogP contribution in [0, 0.1) is 5.92 Å². The van der Waals surface area contributed by atoms with Crippen LogP contribution in [0.4, 0.5) is 0 Å². The smallest absolute Gasteiger partial charge is 0.254 e. The lowest BCUT2D eigenvalue weighted by atomic mass is 10.1. The van der Waals surface area contributed by atoms with Crippen LogP contribution in [0.1, 0.15) is 56.3 Å². The van der Waals surface area contributed by atoms with E-state index >= 15 is 0 Å².